The molecule has 1 rings (SSSR count). The molecule has 0 aliphatic rings. The van der Waals surface area contributed by atoms with Crippen molar-refractivity contribution >= 4 is 39.2 Å². The zero-order valence-corrected chi connectivity index (χ0v) is 12.2. The van der Waals surface area contributed by atoms with Gasteiger partial charge in [0.2, 0.25) is 0 Å². The predicted molar refractivity (Wildman–Crippen MR) is 77.1 cm³/mol. The first kappa shape index (κ1) is 14.1. The number of rotatable bonds is 3. The number of hydrogen-bond acceptors (Lipinski definition) is 2. The predicted octanol–water partition coefficient (Wildman–Crippen LogP) is 2.85. The van der Waals surface area contributed by atoms with E-state index in [2.05, 4.69) is 33.5 Å². The fraction of sp³-hybridized carbons (Fsp3) is 0.333. The van der Waals surface area contributed by atoms with Gasteiger partial charge in [0.05, 0.1) is 0 Å². The van der Waals surface area contributed by atoms with E-state index in [-0.39, 0.29) is 11.9 Å². The van der Waals surface area contributed by atoms with Crippen LogP contribution >= 0.6 is 28.1 Å². The minimum Gasteiger partial charge on any atom is -0.360 e. The fourth-order valence-electron chi connectivity index (χ4n) is 1.17. The highest BCUT2D eigenvalue weighted by molar-refractivity contribution is 9.10. The Labute approximate surface area is 115 Å². The van der Waals surface area contributed by atoms with Crippen molar-refractivity contribution in [1.82, 2.24) is 10.6 Å². The van der Waals surface area contributed by atoms with Crippen LogP contribution < -0.4 is 10.6 Å². The molecule has 92 valence electrons. The highest BCUT2D eigenvalue weighted by Gasteiger charge is 2.09. The molecule has 0 spiro atoms. The molecule has 2 N–H and O–H groups in total. The summed E-state index contributed by atoms with van der Waals surface area (Å²) < 4.78 is 0.867. The molecule has 1 aromatic rings. The van der Waals surface area contributed by atoms with Crippen molar-refractivity contribution in [1.29, 1.82) is 0 Å². The zero-order valence-electron chi connectivity index (χ0n) is 9.79. The van der Waals surface area contributed by atoms with Gasteiger partial charge in [0, 0.05) is 16.1 Å². The molecule has 0 saturated carbocycles. The van der Waals surface area contributed by atoms with Crippen molar-refractivity contribution in [2.75, 3.05) is 0 Å². The van der Waals surface area contributed by atoms with Crippen LogP contribution in [0.3, 0.4) is 0 Å². The molecule has 0 aliphatic carbocycles. The van der Waals surface area contributed by atoms with E-state index in [4.69, 9.17) is 12.2 Å². The van der Waals surface area contributed by atoms with E-state index in [0.29, 0.717) is 10.7 Å². The number of carbonyl (C=O) groups excluding carboxylic acids is 1. The molecule has 1 atom stereocenters. The molecule has 0 aliphatic heterocycles. The van der Waals surface area contributed by atoms with Gasteiger partial charge in [-0.15, -0.1) is 0 Å². The number of thiocarbonyl (C=S) groups is 1. The highest BCUT2D eigenvalue weighted by atomic mass is 79.9. The van der Waals surface area contributed by atoms with Gasteiger partial charge in [-0.3, -0.25) is 10.1 Å². The van der Waals surface area contributed by atoms with Gasteiger partial charge < -0.3 is 5.32 Å². The van der Waals surface area contributed by atoms with E-state index in [1.54, 1.807) is 12.1 Å². The molecule has 0 aromatic heterocycles. The third kappa shape index (κ3) is 4.83. The van der Waals surface area contributed by atoms with Crippen LogP contribution in [0, 0.1) is 0 Å². The monoisotopic (exact) mass is 314 g/mol. The van der Waals surface area contributed by atoms with Gasteiger partial charge in [0.15, 0.2) is 5.11 Å². The Balaban J connectivity index is 2.58. The highest BCUT2D eigenvalue weighted by Crippen LogP contribution is 2.11. The van der Waals surface area contributed by atoms with Gasteiger partial charge in [-0.2, -0.15) is 0 Å². The second-order valence-corrected chi connectivity index (χ2v) is 5.07. The van der Waals surface area contributed by atoms with E-state index < -0.39 is 0 Å². The maximum Gasteiger partial charge on any atom is 0.257 e. The zero-order chi connectivity index (χ0) is 12.8. The number of hydrogen-bond donors (Lipinski definition) is 2. The van der Waals surface area contributed by atoms with E-state index in [1.807, 2.05) is 19.1 Å². The van der Waals surface area contributed by atoms with Crippen LogP contribution in [0.5, 0.6) is 0 Å². The van der Waals surface area contributed by atoms with Crippen LogP contribution in [-0.2, 0) is 0 Å². The number of amides is 1. The van der Waals surface area contributed by atoms with Crippen molar-refractivity contribution in [3.8, 4) is 0 Å². The lowest BCUT2D eigenvalue weighted by Gasteiger charge is -2.14. The Kier molecular flexibility index (Phi) is 5.58. The van der Waals surface area contributed by atoms with Gasteiger partial charge in [-0.25, -0.2) is 0 Å². The number of nitrogens with one attached hydrogen (secondary N) is 2. The minimum absolute atomic E-state index is 0.202. The van der Waals surface area contributed by atoms with Crippen molar-refractivity contribution in [3.63, 3.8) is 0 Å². The molecule has 0 bridgehead atoms. The van der Waals surface area contributed by atoms with Crippen molar-refractivity contribution in [2.24, 2.45) is 0 Å². The lowest BCUT2D eigenvalue weighted by molar-refractivity contribution is 0.0976. The molecular weight excluding hydrogens is 300 g/mol. The summed E-state index contributed by atoms with van der Waals surface area (Å²) in [6.45, 7) is 4.06. The first-order valence-electron chi connectivity index (χ1n) is 5.40. The average Bonchev–Trinajstić information content (AvgIpc) is 2.28. The standard InChI is InChI=1S/C12H15BrN2OS/c1-3-8(2)14-12(17)15-11(16)9-5-4-6-10(13)7-9/h4-8H,3H2,1-2H3,(H2,14,15,16,17). The lowest BCUT2D eigenvalue weighted by Crippen LogP contribution is -2.43. The molecule has 1 aromatic carbocycles. The summed E-state index contributed by atoms with van der Waals surface area (Å²) in [6.07, 6.45) is 0.951. The number of benzene rings is 1. The maximum absolute atomic E-state index is 11.8. The van der Waals surface area contributed by atoms with Crippen LogP contribution in [0.1, 0.15) is 30.6 Å². The normalized spacial score (nSPS) is 11.7. The Bertz CT molecular complexity index is 423. The largest absolute Gasteiger partial charge is 0.360 e. The summed E-state index contributed by atoms with van der Waals surface area (Å²) in [5.74, 6) is -0.202. The molecule has 0 radical (unpaired) electrons. The first-order valence-corrected chi connectivity index (χ1v) is 6.60. The van der Waals surface area contributed by atoms with E-state index in [0.717, 1.165) is 10.9 Å². The van der Waals surface area contributed by atoms with Crippen LogP contribution in [0.15, 0.2) is 28.7 Å². The Morgan fingerprint density at radius 1 is 1.53 bits per heavy atom. The molecule has 5 heteroatoms. The second kappa shape index (κ2) is 6.71. The molecule has 0 fully saturated rings. The fourth-order valence-corrected chi connectivity index (χ4v) is 1.86. The van der Waals surface area contributed by atoms with Crippen LogP contribution in [-0.4, -0.2) is 17.1 Å². The first-order chi connectivity index (χ1) is 8.02. The Hall–Kier alpha value is -0.940. The van der Waals surface area contributed by atoms with Gasteiger partial charge in [-0.1, -0.05) is 28.9 Å². The lowest BCUT2D eigenvalue weighted by atomic mass is 10.2. The number of carbonyl (C=O) groups is 1. The molecule has 0 heterocycles. The smallest absolute Gasteiger partial charge is 0.257 e. The molecule has 1 unspecified atom stereocenters. The van der Waals surface area contributed by atoms with Crippen molar-refractivity contribution in [3.05, 3.63) is 34.3 Å². The Morgan fingerprint density at radius 2 is 2.24 bits per heavy atom. The third-order valence-electron chi connectivity index (χ3n) is 2.30. The van der Waals surface area contributed by atoms with Crippen LogP contribution in [0.2, 0.25) is 0 Å². The minimum atomic E-state index is -0.202. The second-order valence-electron chi connectivity index (χ2n) is 3.75. The summed E-state index contributed by atoms with van der Waals surface area (Å²) in [5.41, 5.74) is 0.577. The van der Waals surface area contributed by atoms with Crippen molar-refractivity contribution in [2.45, 2.75) is 26.3 Å². The van der Waals surface area contributed by atoms with Gasteiger partial charge in [0.1, 0.15) is 0 Å². The van der Waals surface area contributed by atoms with Gasteiger partial charge in [-0.05, 0) is 43.8 Å². The van der Waals surface area contributed by atoms with Crippen molar-refractivity contribution < 1.29 is 4.79 Å². The molecule has 1 amide bonds. The third-order valence-corrected chi connectivity index (χ3v) is 3.02. The Morgan fingerprint density at radius 3 is 2.82 bits per heavy atom. The molecule has 17 heavy (non-hydrogen) atoms. The van der Waals surface area contributed by atoms with Crippen LogP contribution in [0.4, 0.5) is 0 Å². The quantitative estimate of drug-likeness (QED) is 0.843. The molecule has 0 saturated heterocycles. The average molecular weight is 315 g/mol. The topological polar surface area (TPSA) is 41.1 Å². The van der Waals surface area contributed by atoms with Crippen LogP contribution in [0.25, 0.3) is 0 Å². The molecular formula is C12H15BrN2OS. The summed E-state index contributed by atoms with van der Waals surface area (Å²) in [4.78, 5) is 11.8. The summed E-state index contributed by atoms with van der Waals surface area (Å²) in [6, 6.07) is 7.43. The number of halogens is 1. The van der Waals surface area contributed by atoms with E-state index >= 15 is 0 Å². The summed E-state index contributed by atoms with van der Waals surface area (Å²) >= 11 is 8.37. The molecule has 3 nitrogen and oxygen atoms in total. The van der Waals surface area contributed by atoms with Gasteiger partial charge in [0.25, 0.3) is 5.91 Å². The van der Waals surface area contributed by atoms with Gasteiger partial charge >= 0.3 is 0 Å². The maximum atomic E-state index is 11.8. The SMILES string of the molecule is CCC(C)NC(=S)NC(=O)c1cccc(Br)c1. The summed E-state index contributed by atoms with van der Waals surface area (Å²) in [5, 5.41) is 6.05. The summed E-state index contributed by atoms with van der Waals surface area (Å²) in [7, 11) is 0. The van der Waals surface area contributed by atoms with E-state index in [1.165, 1.54) is 0 Å². The van der Waals surface area contributed by atoms with E-state index in [9.17, 15) is 4.79 Å².